The zero-order valence-corrected chi connectivity index (χ0v) is 8.77. The molecule has 3 nitrogen and oxygen atoms in total. The molecule has 2 aromatic rings. The highest BCUT2D eigenvalue weighted by Gasteiger charge is 2.09. The third kappa shape index (κ3) is 2.44. The van der Waals surface area contributed by atoms with Crippen molar-refractivity contribution in [3.63, 3.8) is 0 Å². The Bertz CT molecular complexity index is 419. The van der Waals surface area contributed by atoms with E-state index < -0.39 is 0 Å². The number of hydrogen-bond acceptors (Lipinski definition) is 2. The van der Waals surface area contributed by atoms with Gasteiger partial charge in [0.2, 0.25) is 0 Å². The van der Waals surface area contributed by atoms with Crippen LogP contribution < -0.4 is 5.73 Å². The highest BCUT2D eigenvalue weighted by Crippen LogP contribution is 2.12. The molecule has 3 N–H and O–H groups in total. The second-order valence-corrected chi connectivity index (χ2v) is 3.75. The maximum Gasteiger partial charge on any atom is 0.123 e. The molecular formula is C12H15N3. The molecule has 0 unspecified atom stereocenters. The molecule has 78 valence electrons. The lowest BCUT2D eigenvalue weighted by molar-refractivity contribution is 0.676. The molecule has 0 saturated carbocycles. The summed E-state index contributed by atoms with van der Waals surface area (Å²) in [5.74, 6) is 0.858. The van der Waals surface area contributed by atoms with Crippen LogP contribution in [-0.2, 0) is 6.42 Å². The van der Waals surface area contributed by atoms with Crippen molar-refractivity contribution in [2.75, 3.05) is 0 Å². The van der Waals surface area contributed by atoms with Crippen LogP contribution >= 0.6 is 0 Å². The van der Waals surface area contributed by atoms with Crippen LogP contribution in [0.1, 0.15) is 23.1 Å². The molecule has 0 amide bonds. The third-order valence-corrected chi connectivity index (χ3v) is 2.37. The predicted octanol–water partition coefficient (Wildman–Crippen LogP) is 1.96. The largest absolute Gasteiger partial charge is 0.345 e. The number of hydrogen-bond donors (Lipinski definition) is 2. The lowest BCUT2D eigenvalue weighted by Gasteiger charge is -2.08. The van der Waals surface area contributed by atoms with E-state index in [1.54, 1.807) is 6.20 Å². The van der Waals surface area contributed by atoms with Gasteiger partial charge in [0.1, 0.15) is 5.82 Å². The normalized spacial score (nSPS) is 12.7. The highest BCUT2D eigenvalue weighted by atomic mass is 14.9. The number of nitrogens with zero attached hydrogens (tertiary/aromatic N) is 1. The molecule has 3 heteroatoms. The first-order valence-electron chi connectivity index (χ1n) is 5.06. The topological polar surface area (TPSA) is 54.7 Å². The summed E-state index contributed by atoms with van der Waals surface area (Å²) in [6.45, 7) is 1.98. The van der Waals surface area contributed by atoms with Gasteiger partial charge in [-0.05, 0) is 18.9 Å². The fourth-order valence-electron chi connectivity index (χ4n) is 1.59. The summed E-state index contributed by atoms with van der Waals surface area (Å²) in [5.41, 5.74) is 8.33. The molecule has 15 heavy (non-hydrogen) atoms. The second-order valence-electron chi connectivity index (χ2n) is 3.75. The van der Waals surface area contributed by atoms with Crippen molar-refractivity contribution < 1.29 is 0 Å². The number of benzene rings is 1. The van der Waals surface area contributed by atoms with Gasteiger partial charge in [-0.15, -0.1) is 0 Å². The Morgan fingerprint density at radius 1 is 1.33 bits per heavy atom. The van der Waals surface area contributed by atoms with E-state index in [2.05, 4.69) is 22.1 Å². The number of nitrogens with two attached hydrogens (primary N) is 1. The van der Waals surface area contributed by atoms with Crippen LogP contribution in [0.4, 0.5) is 0 Å². The molecule has 1 aromatic heterocycles. The van der Waals surface area contributed by atoms with Crippen LogP contribution in [0.5, 0.6) is 0 Å². The lowest BCUT2D eigenvalue weighted by atomic mass is 10.1. The molecular weight excluding hydrogens is 186 g/mol. The maximum absolute atomic E-state index is 6.05. The Morgan fingerprint density at radius 2 is 2.07 bits per heavy atom. The highest BCUT2D eigenvalue weighted by molar-refractivity contribution is 5.17. The number of imidazole rings is 1. The molecule has 0 aliphatic carbocycles. The van der Waals surface area contributed by atoms with E-state index in [0.29, 0.717) is 0 Å². The first-order chi connectivity index (χ1) is 7.25. The Labute approximate surface area is 89.4 Å². The molecule has 0 aliphatic heterocycles. The molecule has 2 rings (SSSR count). The minimum Gasteiger partial charge on any atom is -0.345 e. The summed E-state index contributed by atoms with van der Waals surface area (Å²) in [6.07, 6.45) is 2.62. The van der Waals surface area contributed by atoms with Gasteiger partial charge in [-0.25, -0.2) is 4.98 Å². The zero-order valence-electron chi connectivity index (χ0n) is 8.77. The number of nitrogens with one attached hydrogen (secondary N) is 1. The lowest BCUT2D eigenvalue weighted by Crippen LogP contribution is -2.14. The van der Waals surface area contributed by atoms with E-state index in [-0.39, 0.29) is 6.04 Å². The molecule has 0 saturated heterocycles. The van der Waals surface area contributed by atoms with Crippen LogP contribution in [0, 0.1) is 6.92 Å². The summed E-state index contributed by atoms with van der Waals surface area (Å²) >= 11 is 0. The number of H-pyrrole nitrogens is 1. The summed E-state index contributed by atoms with van der Waals surface area (Å²) in [4.78, 5) is 7.39. The van der Waals surface area contributed by atoms with Crippen LogP contribution in [0.25, 0.3) is 0 Å². The molecule has 1 atom stereocenters. The average Bonchev–Trinajstić information content (AvgIpc) is 2.66. The van der Waals surface area contributed by atoms with Gasteiger partial charge in [-0.2, -0.15) is 0 Å². The smallest absolute Gasteiger partial charge is 0.123 e. The second kappa shape index (κ2) is 4.28. The van der Waals surface area contributed by atoms with Gasteiger partial charge >= 0.3 is 0 Å². The molecule has 0 aliphatic rings. The van der Waals surface area contributed by atoms with Crippen molar-refractivity contribution in [2.24, 2.45) is 5.73 Å². The van der Waals surface area contributed by atoms with Gasteiger partial charge in [-0.1, -0.05) is 30.3 Å². The van der Waals surface area contributed by atoms with Gasteiger partial charge in [0.05, 0.1) is 6.04 Å². The summed E-state index contributed by atoms with van der Waals surface area (Å²) < 4.78 is 0. The van der Waals surface area contributed by atoms with Crippen LogP contribution in [0.3, 0.4) is 0 Å². The van der Waals surface area contributed by atoms with Crippen LogP contribution in [0.15, 0.2) is 36.5 Å². The number of aromatic nitrogens is 2. The summed E-state index contributed by atoms with van der Waals surface area (Å²) in [6, 6.07) is 10.2. The van der Waals surface area contributed by atoms with E-state index in [9.17, 15) is 0 Å². The minimum absolute atomic E-state index is 0.0545. The maximum atomic E-state index is 6.05. The number of aromatic amines is 1. The molecule has 0 spiro atoms. The molecule has 0 bridgehead atoms. The van der Waals surface area contributed by atoms with Gasteiger partial charge < -0.3 is 10.7 Å². The Hall–Kier alpha value is -1.61. The molecule has 1 aromatic carbocycles. The van der Waals surface area contributed by atoms with Crippen molar-refractivity contribution >= 4 is 0 Å². The molecule has 0 radical (unpaired) electrons. The fraction of sp³-hybridized carbons (Fsp3) is 0.250. The standard InChI is InChI=1S/C12H15N3/c1-9-8-14-12(15-9)11(13)7-10-5-3-2-4-6-10/h2-6,8,11H,7,13H2,1H3,(H,14,15)/t11-/m0/s1. The van der Waals surface area contributed by atoms with Crippen molar-refractivity contribution in [3.05, 3.63) is 53.6 Å². The zero-order chi connectivity index (χ0) is 10.7. The van der Waals surface area contributed by atoms with E-state index in [1.165, 1.54) is 5.56 Å². The number of rotatable bonds is 3. The Kier molecular flexibility index (Phi) is 2.83. The van der Waals surface area contributed by atoms with Crippen LogP contribution in [0.2, 0.25) is 0 Å². The van der Waals surface area contributed by atoms with E-state index in [0.717, 1.165) is 17.9 Å². The minimum atomic E-state index is -0.0545. The van der Waals surface area contributed by atoms with Gasteiger partial charge in [0, 0.05) is 11.9 Å². The van der Waals surface area contributed by atoms with Crippen molar-refractivity contribution in [2.45, 2.75) is 19.4 Å². The predicted molar refractivity (Wildman–Crippen MR) is 60.4 cm³/mol. The Morgan fingerprint density at radius 3 is 2.67 bits per heavy atom. The van der Waals surface area contributed by atoms with Gasteiger partial charge in [0.25, 0.3) is 0 Å². The van der Waals surface area contributed by atoms with Crippen molar-refractivity contribution in [3.8, 4) is 0 Å². The molecule has 1 heterocycles. The van der Waals surface area contributed by atoms with Crippen molar-refractivity contribution in [1.29, 1.82) is 0 Å². The first-order valence-corrected chi connectivity index (χ1v) is 5.06. The van der Waals surface area contributed by atoms with Crippen LogP contribution in [-0.4, -0.2) is 9.97 Å². The number of aryl methyl sites for hydroxylation is 1. The fourth-order valence-corrected chi connectivity index (χ4v) is 1.59. The molecule has 0 fully saturated rings. The monoisotopic (exact) mass is 201 g/mol. The SMILES string of the molecule is Cc1cnc([C@@H](N)Cc2ccccc2)[nH]1. The van der Waals surface area contributed by atoms with E-state index in [4.69, 9.17) is 5.73 Å². The third-order valence-electron chi connectivity index (χ3n) is 2.37. The Balaban J connectivity index is 2.07. The summed E-state index contributed by atoms with van der Waals surface area (Å²) in [5, 5.41) is 0. The van der Waals surface area contributed by atoms with Crippen molar-refractivity contribution in [1.82, 2.24) is 9.97 Å². The quantitative estimate of drug-likeness (QED) is 0.797. The van der Waals surface area contributed by atoms with Gasteiger partial charge in [-0.3, -0.25) is 0 Å². The summed E-state index contributed by atoms with van der Waals surface area (Å²) in [7, 11) is 0. The van der Waals surface area contributed by atoms with E-state index >= 15 is 0 Å². The van der Waals surface area contributed by atoms with Gasteiger partial charge in [0.15, 0.2) is 0 Å². The first kappa shape index (κ1) is 9.93. The average molecular weight is 201 g/mol. The van der Waals surface area contributed by atoms with E-state index in [1.807, 2.05) is 25.1 Å².